The fraction of sp³-hybridized carbons (Fsp3) is 0.393. The van der Waals surface area contributed by atoms with E-state index in [4.69, 9.17) is 0 Å². The molecule has 0 unspecified atom stereocenters. The van der Waals surface area contributed by atoms with Gasteiger partial charge in [-0.15, -0.1) is 10.2 Å². The number of hydrogen-bond donors (Lipinski definition) is 2. The lowest BCUT2D eigenvalue weighted by molar-refractivity contribution is 0.102. The van der Waals surface area contributed by atoms with Gasteiger partial charge in [-0.1, -0.05) is 12.1 Å². The number of rotatable bonds is 8. The third-order valence-electron chi connectivity index (χ3n) is 8.01. The fourth-order valence-corrected chi connectivity index (χ4v) is 5.63. The largest absolute Gasteiger partial charge is 0.322 e. The molecular weight excluding hydrogens is 483 g/mol. The zero-order valence-corrected chi connectivity index (χ0v) is 21.4. The van der Waals surface area contributed by atoms with Crippen LogP contribution in [-0.4, -0.2) is 35.6 Å². The molecule has 4 aromatic rings. The molecule has 2 aliphatic carbocycles. The minimum absolute atomic E-state index is 0.129. The second kappa shape index (κ2) is 9.03. The van der Waals surface area contributed by atoms with Gasteiger partial charge in [0.1, 0.15) is 12.2 Å². The molecule has 2 N–H and O–H groups in total. The van der Waals surface area contributed by atoms with Crippen LogP contribution in [-0.2, 0) is 19.0 Å². The van der Waals surface area contributed by atoms with Crippen molar-refractivity contribution in [1.29, 1.82) is 5.26 Å². The Morgan fingerprint density at radius 3 is 2.79 bits per heavy atom. The van der Waals surface area contributed by atoms with Crippen LogP contribution in [0.2, 0.25) is 0 Å². The van der Waals surface area contributed by atoms with E-state index < -0.39 is 5.95 Å². The Morgan fingerprint density at radius 2 is 2.08 bits per heavy atom. The molecule has 0 saturated heterocycles. The molecule has 0 spiro atoms. The van der Waals surface area contributed by atoms with Gasteiger partial charge in [-0.25, -0.2) is 0 Å². The zero-order chi connectivity index (χ0) is 26.5. The summed E-state index contributed by atoms with van der Waals surface area (Å²) in [7, 11) is 1.92. The summed E-state index contributed by atoms with van der Waals surface area (Å²) in [6, 6.07) is 11.8. The van der Waals surface area contributed by atoms with Gasteiger partial charge < -0.3 is 19.6 Å². The maximum absolute atomic E-state index is 14.1. The van der Waals surface area contributed by atoms with Crippen molar-refractivity contribution in [1.82, 2.24) is 29.5 Å². The summed E-state index contributed by atoms with van der Waals surface area (Å²) in [6.07, 6.45) is 9.07. The van der Waals surface area contributed by atoms with Crippen molar-refractivity contribution in [2.75, 3.05) is 5.32 Å². The number of benzene rings is 1. The number of imidazole rings is 1. The molecule has 3 heterocycles. The average molecular weight is 513 g/mol. The fourth-order valence-electron chi connectivity index (χ4n) is 5.63. The molecule has 2 saturated carbocycles. The van der Waals surface area contributed by atoms with Crippen molar-refractivity contribution in [2.24, 2.45) is 13.0 Å². The number of carbonyl (C=O) groups is 1. The summed E-state index contributed by atoms with van der Waals surface area (Å²) in [5.41, 5.74) is 2.83. The van der Waals surface area contributed by atoms with Crippen LogP contribution >= 0.6 is 0 Å². The van der Waals surface area contributed by atoms with Gasteiger partial charge in [-0.3, -0.25) is 4.79 Å². The maximum Gasteiger partial charge on any atom is 0.259 e. The van der Waals surface area contributed by atoms with Crippen molar-refractivity contribution in [2.45, 2.75) is 56.5 Å². The summed E-state index contributed by atoms with van der Waals surface area (Å²) in [5, 5.41) is 24.2. The van der Waals surface area contributed by atoms with E-state index in [1.807, 2.05) is 35.9 Å². The molecule has 194 valence electrons. The van der Waals surface area contributed by atoms with Crippen LogP contribution in [0.5, 0.6) is 0 Å². The summed E-state index contributed by atoms with van der Waals surface area (Å²) >= 11 is 0. The Bertz CT molecular complexity index is 1570. The molecule has 38 heavy (non-hydrogen) atoms. The van der Waals surface area contributed by atoms with Gasteiger partial charge in [0.25, 0.3) is 5.91 Å². The number of halogens is 1. The first-order valence-electron chi connectivity index (χ1n) is 12.8. The van der Waals surface area contributed by atoms with Gasteiger partial charge in [0, 0.05) is 37.4 Å². The van der Waals surface area contributed by atoms with Crippen molar-refractivity contribution in [3.8, 4) is 6.07 Å². The van der Waals surface area contributed by atoms with Crippen molar-refractivity contribution in [3.63, 3.8) is 0 Å². The van der Waals surface area contributed by atoms with Gasteiger partial charge in [0.15, 0.2) is 5.65 Å². The molecule has 1 aromatic carbocycles. The number of carbonyl (C=O) groups excluding carboxylic acids is 1. The topological polar surface area (TPSA) is 113 Å². The lowest BCUT2D eigenvalue weighted by Crippen LogP contribution is -2.44. The van der Waals surface area contributed by atoms with E-state index in [-0.39, 0.29) is 28.4 Å². The van der Waals surface area contributed by atoms with Crippen LogP contribution in [0.25, 0.3) is 5.65 Å². The molecule has 0 bridgehead atoms. The number of hydrogen-bond acceptors (Lipinski definition) is 6. The summed E-state index contributed by atoms with van der Waals surface area (Å²) in [5.74, 6) is 0.130. The number of fused-ring (bicyclic) bond motifs is 1. The van der Waals surface area contributed by atoms with E-state index in [0.29, 0.717) is 24.2 Å². The molecule has 1 amide bonds. The summed E-state index contributed by atoms with van der Waals surface area (Å²) < 4.78 is 17.6. The number of aromatic nitrogens is 5. The number of amides is 1. The highest BCUT2D eigenvalue weighted by atomic mass is 19.1. The van der Waals surface area contributed by atoms with Crippen LogP contribution in [0.4, 0.5) is 10.1 Å². The Morgan fingerprint density at radius 1 is 1.26 bits per heavy atom. The first-order chi connectivity index (χ1) is 18.3. The smallest absolute Gasteiger partial charge is 0.259 e. The molecule has 0 atom stereocenters. The lowest BCUT2D eigenvalue weighted by atomic mass is 9.57. The molecule has 0 radical (unpaired) electrons. The van der Waals surface area contributed by atoms with E-state index in [2.05, 4.69) is 38.8 Å². The van der Waals surface area contributed by atoms with Gasteiger partial charge in [0.2, 0.25) is 5.95 Å². The summed E-state index contributed by atoms with van der Waals surface area (Å²) in [6.45, 7) is 2.74. The predicted octanol–water partition coefficient (Wildman–Crippen LogP) is 4.11. The lowest BCUT2D eigenvalue weighted by Gasteiger charge is -2.46. The van der Waals surface area contributed by atoms with E-state index in [9.17, 15) is 14.4 Å². The highest BCUT2D eigenvalue weighted by Crippen LogP contribution is 2.53. The number of nitriles is 1. The minimum Gasteiger partial charge on any atom is -0.322 e. The maximum atomic E-state index is 14.1. The third-order valence-corrected chi connectivity index (χ3v) is 8.01. The van der Waals surface area contributed by atoms with E-state index in [0.717, 1.165) is 42.6 Å². The quantitative estimate of drug-likeness (QED) is 0.367. The van der Waals surface area contributed by atoms with Crippen LogP contribution in [0.3, 0.4) is 0 Å². The van der Waals surface area contributed by atoms with E-state index in [1.54, 1.807) is 23.0 Å². The Balaban J connectivity index is 1.29. The molecule has 2 fully saturated rings. The number of aryl methyl sites for hydroxylation is 1. The molecule has 10 heteroatoms. The minimum atomic E-state index is -0.636. The Kier molecular flexibility index (Phi) is 5.76. The molecule has 0 aliphatic heterocycles. The third kappa shape index (κ3) is 4.33. The highest BCUT2D eigenvalue weighted by molar-refractivity contribution is 6.08. The first kappa shape index (κ1) is 24.2. The van der Waals surface area contributed by atoms with Crippen molar-refractivity contribution < 1.29 is 9.18 Å². The highest BCUT2D eigenvalue weighted by Gasteiger charge is 2.49. The van der Waals surface area contributed by atoms with E-state index in [1.165, 1.54) is 6.20 Å². The molecule has 6 rings (SSSR count). The van der Waals surface area contributed by atoms with Crippen LogP contribution < -0.4 is 10.6 Å². The van der Waals surface area contributed by atoms with Gasteiger partial charge in [-0.2, -0.15) is 14.6 Å². The number of nitrogens with one attached hydrogen (secondary N) is 2. The van der Waals surface area contributed by atoms with E-state index >= 15 is 0 Å². The Hall–Kier alpha value is -4.10. The zero-order valence-electron chi connectivity index (χ0n) is 21.4. The van der Waals surface area contributed by atoms with Crippen LogP contribution in [0, 0.1) is 23.2 Å². The number of anilines is 1. The van der Waals surface area contributed by atoms with Crippen molar-refractivity contribution in [3.05, 3.63) is 77.5 Å². The molecular formula is C28H29FN8O. The number of nitrogens with zero attached hydrogens (tertiary/aromatic N) is 6. The monoisotopic (exact) mass is 512 g/mol. The number of pyridine rings is 1. The second-order valence-corrected chi connectivity index (χ2v) is 11.0. The predicted molar refractivity (Wildman–Crippen MR) is 139 cm³/mol. The van der Waals surface area contributed by atoms with Crippen LogP contribution in [0.15, 0.2) is 49.1 Å². The van der Waals surface area contributed by atoms with Gasteiger partial charge in [0.05, 0.1) is 23.2 Å². The van der Waals surface area contributed by atoms with Gasteiger partial charge >= 0.3 is 0 Å². The van der Waals surface area contributed by atoms with Crippen molar-refractivity contribution >= 4 is 17.2 Å². The SMILES string of the molecule is Cn1cnnc1C1(c2cccc(NC(=O)c3cc(CNC4(C)CC4)cn4cc(F)nc34)c2)CC(CC#N)C1. The second-order valence-electron chi connectivity index (χ2n) is 11.0. The Labute approximate surface area is 219 Å². The van der Waals surface area contributed by atoms with Crippen LogP contribution in [0.1, 0.15) is 66.3 Å². The van der Waals surface area contributed by atoms with Gasteiger partial charge in [-0.05, 0) is 67.9 Å². The standard InChI is InChI=1S/C28H29FN8O/c1-27(7-8-27)31-14-19-10-22(24-34-23(29)16-37(24)15-19)25(38)33-21-5-3-4-20(11-21)28(12-18(13-28)6-9-30)26-35-32-17-36(26)2/h3-5,10-11,15-18,31H,6-8,12-14H2,1-2H3,(H,33,38). The molecule has 9 nitrogen and oxygen atoms in total. The normalized spacial score (nSPS) is 21.6. The average Bonchev–Trinajstić information content (AvgIpc) is 3.25. The summed E-state index contributed by atoms with van der Waals surface area (Å²) in [4.78, 5) is 17.5. The molecule has 2 aliphatic rings. The first-order valence-corrected chi connectivity index (χ1v) is 12.8. The molecule has 3 aromatic heterocycles.